The van der Waals surface area contributed by atoms with Crippen LogP contribution < -0.4 is 5.73 Å². The summed E-state index contributed by atoms with van der Waals surface area (Å²) < 4.78 is 0. The second-order valence-electron chi connectivity index (χ2n) is 6.10. The minimum Gasteiger partial charge on any atom is -0.399 e. The second kappa shape index (κ2) is 9.57. The molecule has 0 heterocycles. The van der Waals surface area contributed by atoms with E-state index in [2.05, 4.69) is 80.6 Å². The predicted octanol–water partition coefficient (Wildman–Crippen LogP) is 5.86. The molecule has 0 aliphatic carbocycles. The van der Waals surface area contributed by atoms with Gasteiger partial charge in [-0.15, -0.1) is 0 Å². The average Bonchev–Trinajstić information content (AvgIpc) is 2.64. The molecule has 1 atom stereocenters. The number of aryl methyl sites for hydroxylation is 1. The average molecular weight is 317 g/mol. The van der Waals surface area contributed by atoms with Gasteiger partial charge in [-0.1, -0.05) is 86.6 Å². The van der Waals surface area contributed by atoms with Crippen LogP contribution >= 0.6 is 0 Å². The van der Waals surface area contributed by atoms with Crippen LogP contribution in [0.4, 0.5) is 5.69 Å². The van der Waals surface area contributed by atoms with Gasteiger partial charge in [0.25, 0.3) is 0 Å². The first kappa shape index (κ1) is 17.8. The summed E-state index contributed by atoms with van der Waals surface area (Å²) in [6.07, 6.45) is 2.18. The number of hydrogen-bond donors (Lipinski definition) is 1. The number of nitrogen functional groups attached to an aromatic ring is 1. The third-order valence-electron chi connectivity index (χ3n) is 4.11. The summed E-state index contributed by atoms with van der Waals surface area (Å²) in [6, 6.07) is 29.3. The van der Waals surface area contributed by atoms with Crippen LogP contribution in [0.5, 0.6) is 0 Å². The van der Waals surface area contributed by atoms with E-state index in [0.29, 0.717) is 5.92 Å². The minimum atomic E-state index is 0.591. The molecule has 0 fully saturated rings. The van der Waals surface area contributed by atoms with Gasteiger partial charge in [-0.25, -0.2) is 0 Å². The molecule has 0 aliphatic rings. The summed E-state index contributed by atoms with van der Waals surface area (Å²) >= 11 is 0. The molecule has 24 heavy (non-hydrogen) atoms. The Labute approximate surface area is 146 Å². The fourth-order valence-corrected chi connectivity index (χ4v) is 2.68. The summed E-state index contributed by atoms with van der Waals surface area (Å²) in [7, 11) is 0. The lowest BCUT2D eigenvalue weighted by molar-refractivity contribution is 0.759. The first-order valence-electron chi connectivity index (χ1n) is 8.62. The molecule has 124 valence electrons. The molecule has 0 aliphatic heterocycles. The standard InChI is InChI=1S/C15H16.C8H11N/c1-13(15-10-6-3-7-11-15)12-14-8-4-2-5-9-14;1-2-7-4-3-5-8(9)6-7/h2-11,13H,12H2,1H3;3-6H,2,9H2,1H3. The number of hydrogen-bond acceptors (Lipinski definition) is 1. The monoisotopic (exact) mass is 317 g/mol. The van der Waals surface area contributed by atoms with Crippen molar-refractivity contribution in [3.05, 3.63) is 102 Å². The topological polar surface area (TPSA) is 26.0 Å². The van der Waals surface area contributed by atoms with Crippen molar-refractivity contribution < 1.29 is 0 Å². The molecule has 0 amide bonds. The van der Waals surface area contributed by atoms with Gasteiger partial charge in [-0.3, -0.25) is 0 Å². The third kappa shape index (κ3) is 5.92. The number of anilines is 1. The molecule has 1 unspecified atom stereocenters. The van der Waals surface area contributed by atoms with Gasteiger partial charge < -0.3 is 5.73 Å². The lowest BCUT2D eigenvalue weighted by atomic mass is 9.94. The van der Waals surface area contributed by atoms with Crippen molar-refractivity contribution in [1.29, 1.82) is 0 Å². The van der Waals surface area contributed by atoms with E-state index in [1.165, 1.54) is 16.7 Å². The predicted molar refractivity (Wildman–Crippen MR) is 105 cm³/mol. The van der Waals surface area contributed by atoms with Crippen LogP contribution in [-0.2, 0) is 12.8 Å². The van der Waals surface area contributed by atoms with Crippen molar-refractivity contribution >= 4 is 5.69 Å². The first-order chi connectivity index (χ1) is 11.7. The van der Waals surface area contributed by atoms with Crippen molar-refractivity contribution in [1.82, 2.24) is 0 Å². The van der Waals surface area contributed by atoms with E-state index >= 15 is 0 Å². The maximum atomic E-state index is 5.53. The maximum Gasteiger partial charge on any atom is 0.0316 e. The van der Waals surface area contributed by atoms with Crippen LogP contribution in [0.3, 0.4) is 0 Å². The van der Waals surface area contributed by atoms with E-state index < -0.39 is 0 Å². The Bertz CT molecular complexity index is 704. The normalized spacial score (nSPS) is 11.2. The van der Waals surface area contributed by atoms with Crippen molar-refractivity contribution in [3.63, 3.8) is 0 Å². The number of rotatable bonds is 4. The molecule has 2 N–H and O–H groups in total. The lowest BCUT2D eigenvalue weighted by Crippen LogP contribution is -1.97. The zero-order valence-corrected chi connectivity index (χ0v) is 14.7. The van der Waals surface area contributed by atoms with Crippen LogP contribution in [0.25, 0.3) is 0 Å². The Morgan fingerprint density at radius 1 is 0.750 bits per heavy atom. The molecule has 0 radical (unpaired) electrons. The Hall–Kier alpha value is -2.54. The Balaban J connectivity index is 0.000000198. The quantitative estimate of drug-likeness (QED) is 0.599. The van der Waals surface area contributed by atoms with Crippen molar-refractivity contribution in [2.75, 3.05) is 5.73 Å². The van der Waals surface area contributed by atoms with Gasteiger partial charge >= 0.3 is 0 Å². The summed E-state index contributed by atoms with van der Waals surface area (Å²) in [5, 5.41) is 0. The molecule has 3 rings (SSSR count). The van der Waals surface area contributed by atoms with Gasteiger partial charge in [-0.2, -0.15) is 0 Å². The highest BCUT2D eigenvalue weighted by molar-refractivity contribution is 5.40. The summed E-state index contributed by atoms with van der Waals surface area (Å²) in [6.45, 7) is 4.40. The zero-order valence-electron chi connectivity index (χ0n) is 14.7. The SMILES string of the molecule is CC(Cc1ccccc1)c1ccccc1.CCc1cccc(N)c1. The summed E-state index contributed by atoms with van der Waals surface area (Å²) in [5.74, 6) is 0.591. The molecule has 3 aromatic rings. The molecule has 0 saturated heterocycles. The van der Waals surface area contributed by atoms with Gasteiger partial charge in [0.2, 0.25) is 0 Å². The third-order valence-corrected chi connectivity index (χ3v) is 4.11. The van der Waals surface area contributed by atoms with Gasteiger partial charge in [0.05, 0.1) is 0 Å². The first-order valence-corrected chi connectivity index (χ1v) is 8.62. The number of nitrogens with two attached hydrogens (primary N) is 1. The Morgan fingerprint density at radius 3 is 1.88 bits per heavy atom. The highest BCUT2D eigenvalue weighted by Crippen LogP contribution is 2.19. The zero-order chi connectivity index (χ0) is 17.2. The van der Waals surface area contributed by atoms with E-state index in [-0.39, 0.29) is 0 Å². The minimum absolute atomic E-state index is 0.591. The van der Waals surface area contributed by atoms with E-state index in [0.717, 1.165) is 18.5 Å². The van der Waals surface area contributed by atoms with Gasteiger partial charge in [0, 0.05) is 5.69 Å². The fourth-order valence-electron chi connectivity index (χ4n) is 2.68. The van der Waals surface area contributed by atoms with Crippen LogP contribution in [0.2, 0.25) is 0 Å². The molecule has 0 saturated carbocycles. The Morgan fingerprint density at radius 2 is 1.33 bits per heavy atom. The fraction of sp³-hybridized carbons (Fsp3) is 0.217. The molecule has 0 aromatic heterocycles. The number of benzene rings is 3. The second-order valence-corrected chi connectivity index (χ2v) is 6.10. The van der Waals surface area contributed by atoms with Crippen LogP contribution in [-0.4, -0.2) is 0 Å². The van der Waals surface area contributed by atoms with E-state index in [4.69, 9.17) is 5.73 Å². The molecule has 1 heteroatoms. The van der Waals surface area contributed by atoms with E-state index in [1.807, 2.05) is 18.2 Å². The highest BCUT2D eigenvalue weighted by Gasteiger charge is 2.04. The summed E-state index contributed by atoms with van der Waals surface area (Å²) in [5.41, 5.74) is 10.5. The van der Waals surface area contributed by atoms with E-state index in [1.54, 1.807) is 0 Å². The van der Waals surface area contributed by atoms with Crippen molar-refractivity contribution in [2.45, 2.75) is 32.6 Å². The summed E-state index contributed by atoms with van der Waals surface area (Å²) in [4.78, 5) is 0. The van der Waals surface area contributed by atoms with E-state index in [9.17, 15) is 0 Å². The maximum absolute atomic E-state index is 5.53. The van der Waals surface area contributed by atoms with Crippen LogP contribution in [0.15, 0.2) is 84.9 Å². The van der Waals surface area contributed by atoms with Crippen molar-refractivity contribution in [2.24, 2.45) is 0 Å². The lowest BCUT2D eigenvalue weighted by Gasteiger charge is -2.11. The van der Waals surface area contributed by atoms with Gasteiger partial charge in [0.1, 0.15) is 0 Å². The van der Waals surface area contributed by atoms with Gasteiger partial charge in [-0.05, 0) is 47.6 Å². The molecular formula is C23H27N. The van der Waals surface area contributed by atoms with Crippen molar-refractivity contribution in [3.8, 4) is 0 Å². The molecule has 0 spiro atoms. The molecular weight excluding hydrogens is 290 g/mol. The smallest absolute Gasteiger partial charge is 0.0316 e. The molecule has 0 bridgehead atoms. The van der Waals surface area contributed by atoms with Crippen LogP contribution in [0, 0.1) is 0 Å². The largest absolute Gasteiger partial charge is 0.399 e. The molecule has 3 aromatic carbocycles. The van der Waals surface area contributed by atoms with Gasteiger partial charge in [0.15, 0.2) is 0 Å². The van der Waals surface area contributed by atoms with Crippen LogP contribution in [0.1, 0.15) is 36.5 Å². The Kier molecular flexibility index (Phi) is 7.10. The highest BCUT2D eigenvalue weighted by atomic mass is 14.5. The molecule has 1 nitrogen and oxygen atoms in total.